The van der Waals surface area contributed by atoms with E-state index in [1.54, 1.807) is 6.92 Å². The Kier molecular flexibility index (Phi) is 4.25. The fraction of sp³-hybridized carbons (Fsp3) is 0.923. The van der Waals surface area contributed by atoms with Crippen LogP contribution in [0.25, 0.3) is 0 Å². The molecule has 0 radical (unpaired) electrons. The molecule has 2 fully saturated rings. The Hall–Kier alpha value is -0.650. The third kappa shape index (κ3) is 3.02. The van der Waals surface area contributed by atoms with E-state index in [9.17, 15) is 4.79 Å². The SMILES string of the molecule is CCC(C)(N)C(=O)NCC1CN2CCCC2CO1. The van der Waals surface area contributed by atoms with Crippen molar-refractivity contribution < 1.29 is 9.53 Å². The number of fused-ring (bicyclic) bond motifs is 1. The van der Waals surface area contributed by atoms with Gasteiger partial charge in [-0.25, -0.2) is 0 Å². The molecule has 1 amide bonds. The van der Waals surface area contributed by atoms with Crippen LogP contribution < -0.4 is 11.1 Å². The van der Waals surface area contributed by atoms with Crippen LogP contribution in [0.15, 0.2) is 0 Å². The monoisotopic (exact) mass is 255 g/mol. The first kappa shape index (κ1) is 13.8. The van der Waals surface area contributed by atoms with Crippen molar-refractivity contribution in [1.82, 2.24) is 10.2 Å². The van der Waals surface area contributed by atoms with Gasteiger partial charge in [-0.15, -0.1) is 0 Å². The first-order valence-electron chi connectivity index (χ1n) is 6.96. The molecule has 104 valence electrons. The molecular weight excluding hydrogens is 230 g/mol. The van der Waals surface area contributed by atoms with Crippen LogP contribution >= 0.6 is 0 Å². The largest absolute Gasteiger partial charge is 0.373 e. The van der Waals surface area contributed by atoms with Gasteiger partial charge in [0.2, 0.25) is 5.91 Å². The van der Waals surface area contributed by atoms with Gasteiger partial charge in [0, 0.05) is 19.1 Å². The third-order valence-electron chi connectivity index (χ3n) is 4.20. The molecule has 0 bridgehead atoms. The second kappa shape index (κ2) is 5.55. The summed E-state index contributed by atoms with van der Waals surface area (Å²) in [5, 5.41) is 2.91. The first-order valence-corrected chi connectivity index (χ1v) is 6.96. The lowest BCUT2D eigenvalue weighted by molar-refractivity contribution is -0.127. The van der Waals surface area contributed by atoms with E-state index < -0.39 is 5.54 Å². The molecule has 18 heavy (non-hydrogen) atoms. The summed E-state index contributed by atoms with van der Waals surface area (Å²) in [6.45, 7) is 7.15. The van der Waals surface area contributed by atoms with Crippen molar-refractivity contribution in [3.63, 3.8) is 0 Å². The zero-order chi connectivity index (χ0) is 13.2. The highest BCUT2D eigenvalue weighted by molar-refractivity contribution is 5.85. The third-order valence-corrected chi connectivity index (χ3v) is 4.20. The zero-order valence-corrected chi connectivity index (χ0v) is 11.4. The second-order valence-corrected chi connectivity index (χ2v) is 5.73. The summed E-state index contributed by atoms with van der Waals surface area (Å²) in [6.07, 6.45) is 3.26. The molecule has 5 heteroatoms. The molecule has 2 heterocycles. The molecule has 3 atom stereocenters. The predicted octanol–water partition coefficient (Wildman–Crippen LogP) is 0.0932. The number of carbonyl (C=O) groups is 1. The van der Waals surface area contributed by atoms with Crippen LogP contribution in [-0.2, 0) is 9.53 Å². The highest BCUT2D eigenvalue weighted by Gasteiger charge is 2.33. The number of rotatable bonds is 4. The molecule has 2 aliphatic heterocycles. The molecule has 3 N–H and O–H groups in total. The predicted molar refractivity (Wildman–Crippen MR) is 70.2 cm³/mol. The summed E-state index contributed by atoms with van der Waals surface area (Å²) in [7, 11) is 0. The van der Waals surface area contributed by atoms with Gasteiger partial charge in [-0.05, 0) is 32.7 Å². The molecule has 5 nitrogen and oxygen atoms in total. The molecule has 0 spiro atoms. The van der Waals surface area contributed by atoms with Crippen LogP contribution in [0.4, 0.5) is 0 Å². The lowest BCUT2D eigenvalue weighted by Crippen LogP contribution is -2.55. The average Bonchev–Trinajstić information content (AvgIpc) is 2.83. The van der Waals surface area contributed by atoms with Crippen molar-refractivity contribution in [3.8, 4) is 0 Å². The second-order valence-electron chi connectivity index (χ2n) is 5.73. The van der Waals surface area contributed by atoms with Gasteiger partial charge in [-0.2, -0.15) is 0 Å². The number of nitrogens with zero attached hydrogens (tertiary/aromatic N) is 1. The van der Waals surface area contributed by atoms with Gasteiger partial charge in [0.05, 0.1) is 18.2 Å². The van der Waals surface area contributed by atoms with Gasteiger partial charge in [0.1, 0.15) is 0 Å². The van der Waals surface area contributed by atoms with Crippen molar-refractivity contribution in [2.45, 2.75) is 50.8 Å². The van der Waals surface area contributed by atoms with Gasteiger partial charge >= 0.3 is 0 Å². The fourth-order valence-electron chi connectivity index (χ4n) is 2.58. The van der Waals surface area contributed by atoms with E-state index in [0.29, 0.717) is 19.0 Å². The number of carbonyl (C=O) groups excluding carboxylic acids is 1. The maximum absolute atomic E-state index is 11.9. The summed E-state index contributed by atoms with van der Waals surface area (Å²) >= 11 is 0. The van der Waals surface area contributed by atoms with Gasteiger partial charge < -0.3 is 15.8 Å². The van der Waals surface area contributed by atoms with Gasteiger partial charge in [-0.1, -0.05) is 6.92 Å². The minimum absolute atomic E-state index is 0.0860. The first-order chi connectivity index (χ1) is 8.53. The molecule has 0 saturated carbocycles. The van der Waals surface area contributed by atoms with E-state index in [-0.39, 0.29) is 12.0 Å². The van der Waals surface area contributed by atoms with E-state index in [1.165, 1.54) is 19.4 Å². The molecule has 2 aliphatic rings. The van der Waals surface area contributed by atoms with Crippen LogP contribution in [0.1, 0.15) is 33.1 Å². The molecule has 3 unspecified atom stereocenters. The normalized spacial score (nSPS) is 31.7. The number of nitrogens with one attached hydrogen (secondary N) is 1. The summed E-state index contributed by atoms with van der Waals surface area (Å²) < 4.78 is 5.79. The van der Waals surface area contributed by atoms with Crippen molar-refractivity contribution in [2.24, 2.45) is 5.73 Å². The van der Waals surface area contributed by atoms with Crippen molar-refractivity contribution >= 4 is 5.91 Å². The van der Waals surface area contributed by atoms with Gasteiger partial charge in [0.25, 0.3) is 0 Å². The molecule has 0 aromatic carbocycles. The van der Waals surface area contributed by atoms with E-state index in [4.69, 9.17) is 10.5 Å². The molecule has 0 aromatic heterocycles. The lowest BCUT2D eigenvalue weighted by atomic mass is 9.99. The van der Waals surface area contributed by atoms with E-state index in [0.717, 1.165) is 13.2 Å². The van der Waals surface area contributed by atoms with Crippen molar-refractivity contribution in [3.05, 3.63) is 0 Å². The Labute approximate surface area is 109 Å². The van der Waals surface area contributed by atoms with Crippen LogP contribution in [0, 0.1) is 0 Å². The standard InChI is InChI=1S/C13H25N3O2/c1-3-13(2,14)12(17)15-7-11-8-16-6-4-5-10(16)9-18-11/h10-11H,3-9,14H2,1-2H3,(H,15,17). The Morgan fingerprint density at radius 3 is 3.11 bits per heavy atom. The molecular formula is C13H25N3O2. The van der Waals surface area contributed by atoms with Crippen LogP contribution in [0.5, 0.6) is 0 Å². The summed E-state index contributed by atoms with van der Waals surface area (Å²) in [5.74, 6) is -0.0860. The average molecular weight is 255 g/mol. The summed E-state index contributed by atoms with van der Waals surface area (Å²) in [4.78, 5) is 14.3. The van der Waals surface area contributed by atoms with E-state index in [1.807, 2.05) is 6.92 Å². The Morgan fingerprint density at radius 1 is 1.61 bits per heavy atom. The Bertz CT molecular complexity index is 307. The summed E-state index contributed by atoms with van der Waals surface area (Å²) in [6, 6.07) is 0.604. The summed E-state index contributed by atoms with van der Waals surface area (Å²) in [5.41, 5.74) is 5.12. The minimum Gasteiger partial charge on any atom is -0.373 e. The van der Waals surface area contributed by atoms with Crippen LogP contribution in [0.3, 0.4) is 0 Å². The maximum Gasteiger partial charge on any atom is 0.239 e. The number of amides is 1. The minimum atomic E-state index is -0.773. The Balaban J connectivity index is 1.76. The van der Waals surface area contributed by atoms with Crippen molar-refractivity contribution in [1.29, 1.82) is 0 Å². The number of ether oxygens (including phenoxy) is 1. The number of morpholine rings is 1. The smallest absolute Gasteiger partial charge is 0.239 e. The van der Waals surface area contributed by atoms with Crippen LogP contribution in [-0.4, -0.2) is 54.7 Å². The lowest BCUT2D eigenvalue weighted by Gasteiger charge is -2.35. The number of hydrogen-bond acceptors (Lipinski definition) is 4. The van der Waals surface area contributed by atoms with E-state index in [2.05, 4.69) is 10.2 Å². The molecule has 2 rings (SSSR count). The maximum atomic E-state index is 11.9. The van der Waals surface area contributed by atoms with Gasteiger partial charge in [-0.3, -0.25) is 9.69 Å². The molecule has 0 aliphatic carbocycles. The zero-order valence-electron chi connectivity index (χ0n) is 11.4. The quantitative estimate of drug-likeness (QED) is 0.747. The highest BCUT2D eigenvalue weighted by Crippen LogP contribution is 2.22. The topological polar surface area (TPSA) is 67.6 Å². The molecule has 2 saturated heterocycles. The highest BCUT2D eigenvalue weighted by atomic mass is 16.5. The van der Waals surface area contributed by atoms with Crippen molar-refractivity contribution in [2.75, 3.05) is 26.2 Å². The fourth-order valence-corrected chi connectivity index (χ4v) is 2.58. The Morgan fingerprint density at radius 2 is 2.39 bits per heavy atom. The van der Waals surface area contributed by atoms with Crippen LogP contribution in [0.2, 0.25) is 0 Å². The molecule has 0 aromatic rings. The number of hydrogen-bond donors (Lipinski definition) is 2. The van der Waals surface area contributed by atoms with E-state index >= 15 is 0 Å². The van der Waals surface area contributed by atoms with Gasteiger partial charge in [0.15, 0.2) is 0 Å². The number of nitrogens with two attached hydrogens (primary N) is 1.